The van der Waals surface area contributed by atoms with Gasteiger partial charge < -0.3 is 15.2 Å². The van der Waals surface area contributed by atoms with E-state index >= 15 is 0 Å². The zero-order valence-electron chi connectivity index (χ0n) is 19.7. The first-order chi connectivity index (χ1) is 16.8. The van der Waals surface area contributed by atoms with E-state index in [9.17, 15) is 9.18 Å². The summed E-state index contributed by atoms with van der Waals surface area (Å²) in [6.45, 7) is 2.29. The zero-order valence-corrected chi connectivity index (χ0v) is 19.7. The van der Waals surface area contributed by atoms with Gasteiger partial charge in [-0.25, -0.2) is 4.98 Å². The molecule has 35 heavy (non-hydrogen) atoms. The molecule has 0 unspecified atom stereocenters. The van der Waals surface area contributed by atoms with Crippen molar-refractivity contribution in [2.24, 2.45) is 5.92 Å². The van der Waals surface area contributed by atoms with Crippen LogP contribution in [0.1, 0.15) is 31.2 Å². The Hall–Kier alpha value is -4.15. The van der Waals surface area contributed by atoms with Crippen LogP contribution in [0.25, 0.3) is 22.6 Å². The lowest BCUT2D eigenvalue weighted by Crippen LogP contribution is -2.43. The number of aromatic nitrogens is 6. The van der Waals surface area contributed by atoms with Crippen molar-refractivity contribution in [2.75, 3.05) is 19.8 Å². The Morgan fingerprint density at radius 2 is 2.00 bits per heavy atom. The van der Waals surface area contributed by atoms with E-state index in [-0.39, 0.29) is 24.0 Å². The molecule has 3 aromatic heterocycles. The van der Waals surface area contributed by atoms with Crippen molar-refractivity contribution in [1.82, 2.24) is 30.1 Å². The number of nitrogen functional groups attached to an aromatic ring is 1. The van der Waals surface area contributed by atoms with Crippen molar-refractivity contribution < 1.29 is 18.4 Å². The third-order valence-corrected chi connectivity index (χ3v) is 6.57. The summed E-state index contributed by atoms with van der Waals surface area (Å²) in [5, 5.41) is 7.35. The van der Waals surface area contributed by atoms with Gasteiger partial charge in [0.1, 0.15) is 5.56 Å². The molecule has 180 valence electrons. The number of hydrogen-bond donors (Lipinski definition) is 2. The molecule has 1 aromatic carbocycles. The van der Waals surface area contributed by atoms with Crippen LogP contribution < -0.4 is 10.4 Å². The van der Waals surface area contributed by atoms with Crippen molar-refractivity contribution in [3.8, 4) is 22.6 Å². The highest BCUT2D eigenvalue weighted by Gasteiger charge is 2.47. The van der Waals surface area contributed by atoms with Crippen LogP contribution >= 0.6 is 0 Å². The summed E-state index contributed by atoms with van der Waals surface area (Å²) in [5.41, 5.74) is 7.64. The predicted octanol–water partition coefficient (Wildman–Crippen LogP) is 2.33. The fourth-order valence-corrected chi connectivity index (χ4v) is 4.21. The maximum atomic E-state index is 14.3. The molecule has 0 radical (unpaired) electrons. The van der Waals surface area contributed by atoms with E-state index in [2.05, 4.69) is 27.1 Å². The average molecular weight is 478 g/mol. The minimum Gasteiger partial charge on any atom is -0.368 e. The van der Waals surface area contributed by atoms with Gasteiger partial charge in [0, 0.05) is 20.3 Å². The molecule has 0 bridgehead atoms. The number of carbonyl (C=O) groups excluding carboxylic acids is 1. The number of aromatic amines is 1. The number of hydrogen-bond acceptors (Lipinski definition) is 7. The van der Waals surface area contributed by atoms with Gasteiger partial charge in [0.05, 0.1) is 17.2 Å². The van der Waals surface area contributed by atoms with E-state index in [0.29, 0.717) is 28.8 Å². The Kier molecular flexibility index (Phi) is 5.54. The van der Waals surface area contributed by atoms with Gasteiger partial charge in [-0.1, -0.05) is 29.4 Å². The second-order valence-electron chi connectivity index (χ2n) is 9.18. The Balaban J connectivity index is 1.42. The molecule has 0 aliphatic heterocycles. The van der Waals surface area contributed by atoms with E-state index in [1.165, 1.54) is 11.1 Å². The highest BCUT2D eigenvalue weighted by atomic mass is 19.1. The molecule has 1 amide bonds. The molecule has 0 saturated heterocycles. The molecular weight excluding hydrogens is 451 g/mol. The first kappa shape index (κ1) is 22.6. The van der Waals surface area contributed by atoms with E-state index < -0.39 is 11.4 Å². The fraction of sp³-hybridized carbons (Fsp3) is 0.333. The number of H-pyrrole nitrogens is 1. The van der Waals surface area contributed by atoms with Gasteiger partial charge in [0.2, 0.25) is 24.6 Å². The molecule has 5 rings (SSSR count). The molecule has 10 nitrogen and oxygen atoms in total. The topological polar surface area (TPSA) is 131 Å². The van der Waals surface area contributed by atoms with E-state index in [0.717, 1.165) is 18.4 Å². The third kappa shape index (κ3) is 4.25. The Labute approximate surface area is 201 Å². The summed E-state index contributed by atoms with van der Waals surface area (Å²) >= 11 is 0. The number of rotatable bonds is 7. The van der Waals surface area contributed by atoms with Gasteiger partial charge in [-0.05, 0) is 36.8 Å². The number of nitrogens with one attached hydrogen (secondary N) is 1. The lowest BCUT2D eigenvalue weighted by molar-refractivity contribution is -0.738. The molecule has 1 aliphatic rings. The lowest BCUT2D eigenvalue weighted by Gasteiger charge is -2.27. The number of nitrogens with zero attached hydrogens (tertiary/aromatic N) is 6. The van der Waals surface area contributed by atoms with E-state index in [1.807, 2.05) is 24.3 Å². The van der Waals surface area contributed by atoms with Crippen LogP contribution in [0.4, 0.5) is 10.3 Å². The SMILES string of the molecule is CN(C)C(=O)C[n+]1cc(-c2nc([C@@](C)(c3ccc(-c4cnc(N)nc4F)cc3)C3CC3)no2)c[nH]1. The Morgan fingerprint density at radius 3 is 2.66 bits per heavy atom. The molecule has 1 saturated carbocycles. The third-order valence-electron chi connectivity index (χ3n) is 6.57. The van der Waals surface area contributed by atoms with Gasteiger partial charge in [-0.15, -0.1) is 4.68 Å². The van der Waals surface area contributed by atoms with Crippen LogP contribution in [0.2, 0.25) is 0 Å². The van der Waals surface area contributed by atoms with Gasteiger partial charge in [-0.2, -0.15) is 19.5 Å². The van der Waals surface area contributed by atoms with Crippen molar-refractivity contribution >= 4 is 11.9 Å². The lowest BCUT2D eigenvalue weighted by atomic mass is 9.76. The number of benzene rings is 1. The fourth-order valence-electron chi connectivity index (χ4n) is 4.21. The Bertz CT molecular complexity index is 1380. The maximum Gasteiger partial charge on any atom is 0.290 e. The standard InChI is InChI=1S/C24H25FN8O2/c1-24(17-8-9-17,16-6-4-14(5-7-16)18-11-27-23(26)29-20(18)25)22-30-21(35-31-22)15-10-28-33(12-15)13-19(34)32(2)3/h4-7,10-12,17H,8-9,13H2,1-3H3,(H2,26,27,29)/p+1/t24-/m0/s1. The highest BCUT2D eigenvalue weighted by molar-refractivity contribution is 5.73. The van der Waals surface area contributed by atoms with Crippen LogP contribution in [0.3, 0.4) is 0 Å². The molecular formula is C24H26FN8O2+. The smallest absolute Gasteiger partial charge is 0.290 e. The summed E-state index contributed by atoms with van der Waals surface area (Å²) in [6, 6.07) is 7.59. The summed E-state index contributed by atoms with van der Waals surface area (Å²) < 4.78 is 21.5. The van der Waals surface area contributed by atoms with Crippen LogP contribution in [-0.2, 0) is 16.8 Å². The minimum absolute atomic E-state index is 0.0372. The summed E-state index contributed by atoms with van der Waals surface area (Å²) in [6.07, 6.45) is 6.99. The molecule has 1 aliphatic carbocycles. The number of likely N-dealkylation sites (N-methyl/N-ethyl adjacent to an activating group) is 1. The molecule has 11 heteroatoms. The van der Waals surface area contributed by atoms with Crippen molar-refractivity contribution in [3.05, 3.63) is 60.2 Å². The zero-order chi connectivity index (χ0) is 24.7. The van der Waals surface area contributed by atoms with Gasteiger partial charge in [0.15, 0.2) is 5.82 Å². The second-order valence-corrected chi connectivity index (χ2v) is 9.18. The molecule has 3 N–H and O–H groups in total. The van der Waals surface area contributed by atoms with Crippen molar-refractivity contribution in [1.29, 1.82) is 0 Å². The van der Waals surface area contributed by atoms with Gasteiger partial charge >= 0.3 is 0 Å². The summed E-state index contributed by atoms with van der Waals surface area (Å²) in [4.78, 5) is 25.7. The second kappa shape index (κ2) is 8.57. The average Bonchev–Trinajstić information content (AvgIpc) is 3.39. The molecule has 3 heterocycles. The number of amides is 1. The Morgan fingerprint density at radius 1 is 1.26 bits per heavy atom. The summed E-state index contributed by atoms with van der Waals surface area (Å²) in [5.74, 6) is 0.524. The van der Waals surface area contributed by atoms with E-state index in [1.54, 1.807) is 31.2 Å². The predicted molar refractivity (Wildman–Crippen MR) is 124 cm³/mol. The summed E-state index contributed by atoms with van der Waals surface area (Å²) in [7, 11) is 3.42. The first-order valence-corrected chi connectivity index (χ1v) is 11.3. The number of nitrogens with two attached hydrogens (primary N) is 1. The molecule has 1 atom stereocenters. The van der Waals surface area contributed by atoms with Crippen LogP contribution in [-0.4, -0.2) is 50.1 Å². The van der Waals surface area contributed by atoms with Gasteiger partial charge in [-0.3, -0.25) is 4.79 Å². The van der Waals surface area contributed by atoms with Crippen molar-refractivity contribution in [2.45, 2.75) is 31.7 Å². The van der Waals surface area contributed by atoms with E-state index in [4.69, 9.17) is 15.2 Å². The highest BCUT2D eigenvalue weighted by Crippen LogP contribution is 2.50. The largest absolute Gasteiger partial charge is 0.368 e. The van der Waals surface area contributed by atoms with Crippen LogP contribution in [0, 0.1) is 11.9 Å². The number of carbonyl (C=O) groups is 1. The minimum atomic E-state index is -0.658. The molecule has 1 fully saturated rings. The monoisotopic (exact) mass is 477 g/mol. The normalized spacial score (nSPS) is 15.1. The maximum absolute atomic E-state index is 14.3. The van der Waals surface area contributed by atoms with Gasteiger partial charge in [0.25, 0.3) is 11.8 Å². The van der Waals surface area contributed by atoms with Crippen LogP contribution in [0.15, 0.2) is 47.4 Å². The number of halogens is 1. The number of anilines is 1. The quantitative estimate of drug-likeness (QED) is 0.309. The van der Waals surface area contributed by atoms with Crippen LogP contribution in [0.5, 0.6) is 0 Å². The molecule has 0 spiro atoms. The first-order valence-electron chi connectivity index (χ1n) is 11.3. The van der Waals surface area contributed by atoms with Crippen molar-refractivity contribution in [3.63, 3.8) is 0 Å². The molecule has 4 aromatic rings.